The van der Waals surface area contributed by atoms with Crippen molar-refractivity contribution in [2.45, 2.75) is 19.4 Å². The van der Waals surface area contributed by atoms with Crippen molar-refractivity contribution in [2.24, 2.45) is 4.99 Å². The van der Waals surface area contributed by atoms with Crippen LogP contribution in [-0.2, 0) is 6.42 Å². The molecule has 1 atom stereocenters. The third-order valence-electron chi connectivity index (χ3n) is 4.08. The Kier molecular flexibility index (Phi) is 5.63. The van der Waals surface area contributed by atoms with Crippen LogP contribution in [-0.4, -0.2) is 20.6 Å². The van der Waals surface area contributed by atoms with Gasteiger partial charge in [-0.2, -0.15) is 0 Å². The first-order valence-corrected chi connectivity index (χ1v) is 9.01. The fraction of sp³-hybridized carbons (Fsp3) is 0.136. The first kappa shape index (κ1) is 16.7. The van der Waals surface area contributed by atoms with Crippen LogP contribution >= 0.6 is 0 Å². The van der Waals surface area contributed by atoms with Gasteiger partial charge in [0.05, 0.1) is 0 Å². The summed E-state index contributed by atoms with van der Waals surface area (Å²) in [4.78, 5) is 4.88. The fourth-order valence-electron chi connectivity index (χ4n) is 2.75. The van der Waals surface area contributed by atoms with Gasteiger partial charge in [0.2, 0.25) is 0 Å². The van der Waals surface area contributed by atoms with Crippen LogP contribution in [0.5, 0.6) is 0 Å². The van der Waals surface area contributed by atoms with Gasteiger partial charge in [0.25, 0.3) is 0 Å². The molecule has 0 N–H and O–H groups in total. The number of hydrogen-bond donors (Lipinski definition) is 0. The third-order valence-corrected chi connectivity index (χ3v) is 4.76. The fourth-order valence-corrected chi connectivity index (χ4v) is 3.50. The van der Waals surface area contributed by atoms with E-state index in [-0.39, 0.29) is 6.04 Å². The van der Waals surface area contributed by atoms with Gasteiger partial charge < -0.3 is 0 Å². The van der Waals surface area contributed by atoms with Gasteiger partial charge in [-0.05, 0) is 0 Å². The van der Waals surface area contributed by atoms with Crippen LogP contribution in [0.1, 0.15) is 35.2 Å². The average Bonchev–Trinajstić information content (AvgIpc) is 2.63. The predicted octanol–water partition coefficient (Wildman–Crippen LogP) is 4.95. The molecule has 0 heterocycles. The minimum atomic E-state index is 0.132. The van der Waals surface area contributed by atoms with Gasteiger partial charge in [0, 0.05) is 0 Å². The molecular weight excluding hydrogens is 357 g/mol. The van der Waals surface area contributed by atoms with Crippen molar-refractivity contribution in [1.82, 2.24) is 0 Å². The Morgan fingerprint density at radius 2 is 1.42 bits per heavy atom. The van der Waals surface area contributed by atoms with E-state index in [4.69, 9.17) is 4.99 Å². The van der Waals surface area contributed by atoms with Gasteiger partial charge in [-0.3, -0.25) is 0 Å². The quantitative estimate of drug-likeness (QED) is 0.441. The molecule has 0 spiro atoms. The third kappa shape index (κ3) is 4.23. The molecule has 0 bridgehead atoms. The van der Waals surface area contributed by atoms with Crippen molar-refractivity contribution in [3.05, 3.63) is 107 Å². The Morgan fingerprint density at radius 3 is 2.12 bits per heavy atom. The summed E-state index contributed by atoms with van der Waals surface area (Å²) < 4.78 is 0.970. The molecule has 3 aromatic carbocycles. The van der Waals surface area contributed by atoms with E-state index in [0.29, 0.717) is 0 Å². The second-order valence-electron chi connectivity index (χ2n) is 5.84. The molecule has 0 aromatic heterocycles. The van der Waals surface area contributed by atoms with Crippen LogP contribution in [0.3, 0.4) is 0 Å². The molecule has 0 fully saturated rings. The average molecular weight is 377 g/mol. The molecule has 0 aliphatic rings. The van der Waals surface area contributed by atoms with Crippen molar-refractivity contribution in [3.63, 3.8) is 0 Å². The Morgan fingerprint density at radius 1 is 0.833 bits per heavy atom. The Bertz CT molecular complexity index is 810. The summed E-state index contributed by atoms with van der Waals surface area (Å²) in [6.07, 6.45) is 0.914. The predicted molar refractivity (Wildman–Crippen MR) is 103 cm³/mol. The second-order valence-corrected chi connectivity index (χ2v) is 6.65. The minimum absolute atomic E-state index is 0.132. The zero-order valence-corrected chi connectivity index (χ0v) is 15.4. The van der Waals surface area contributed by atoms with Gasteiger partial charge in [0.1, 0.15) is 0 Å². The van der Waals surface area contributed by atoms with Crippen molar-refractivity contribution >= 4 is 20.6 Å². The van der Waals surface area contributed by atoms with E-state index in [9.17, 15) is 0 Å². The summed E-state index contributed by atoms with van der Waals surface area (Å²) in [5.41, 5.74) is 5.02. The maximum absolute atomic E-state index is 4.88. The van der Waals surface area contributed by atoms with Crippen LogP contribution in [0.4, 0.5) is 0 Å². The number of benzene rings is 3. The molecule has 24 heavy (non-hydrogen) atoms. The molecule has 1 nitrogen and oxygen atoms in total. The Balaban J connectivity index is 1.87. The van der Waals surface area contributed by atoms with Crippen LogP contribution in [0, 0.1) is 0 Å². The summed E-state index contributed by atoms with van der Waals surface area (Å²) in [6, 6.07) is 29.6. The zero-order chi connectivity index (χ0) is 16.8. The molecule has 3 rings (SSSR count). The molecule has 2 heteroatoms. The van der Waals surface area contributed by atoms with Crippen molar-refractivity contribution < 1.29 is 0 Å². The molecule has 0 saturated carbocycles. The zero-order valence-electron chi connectivity index (χ0n) is 13.7. The molecule has 0 amide bonds. The molecule has 0 aliphatic carbocycles. The Labute approximate surface area is 152 Å². The van der Waals surface area contributed by atoms with Gasteiger partial charge in [0.15, 0.2) is 0 Å². The first-order chi connectivity index (χ1) is 11.7. The summed E-state index contributed by atoms with van der Waals surface area (Å²) in [7, 11) is 0. The summed E-state index contributed by atoms with van der Waals surface area (Å²) >= 11 is 3.17. The van der Waals surface area contributed by atoms with E-state index in [2.05, 4.69) is 102 Å². The topological polar surface area (TPSA) is 12.4 Å². The van der Waals surface area contributed by atoms with Gasteiger partial charge in [-0.15, -0.1) is 0 Å². The second kappa shape index (κ2) is 8.10. The van der Waals surface area contributed by atoms with Gasteiger partial charge in [-0.1, -0.05) is 0 Å². The number of aliphatic imine (C=N–C) groups is 1. The SMILES string of the molecule is CC(N=C([Se])c1ccccc1Cc1ccccc1)c1ccccc1. The monoisotopic (exact) mass is 378 g/mol. The van der Waals surface area contributed by atoms with Crippen molar-refractivity contribution in [2.75, 3.05) is 0 Å². The van der Waals surface area contributed by atoms with Crippen molar-refractivity contribution in [1.29, 1.82) is 0 Å². The molecule has 119 valence electrons. The van der Waals surface area contributed by atoms with Crippen LogP contribution < -0.4 is 0 Å². The Hall–Kier alpha value is -2.15. The number of rotatable bonds is 5. The van der Waals surface area contributed by atoms with Crippen LogP contribution in [0.15, 0.2) is 89.9 Å². The van der Waals surface area contributed by atoms with E-state index >= 15 is 0 Å². The molecule has 0 saturated heterocycles. The molecular formula is C22H20NSe. The van der Waals surface area contributed by atoms with E-state index < -0.39 is 0 Å². The van der Waals surface area contributed by atoms with Gasteiger partial charge >= 0.3 is 152 Å². The number of nitrogens with zero attached hydrogens (tertiary/aromatic N) is 1. The molecule has 1 unspecified atom stereocenters. The number of hydrogen-bond acceptors (Lipinski definition) is 1. The maximum atomic E-state index is 4.88. The van der Waals surface area contributed by atoms with E-state index in [1.54, 1.807) is 0 Å². The molecule has 0 aliphatic heterocycles. The summed E-state index contributed by atoms with van der Waals surface area (Å²) in [5, 5.41) is 0. The summed E-state index contributed by atoms with van der Waals surface area (Å²) in [6.45, 7) is 2.13. The van der Waals surface area contributed by atoms with E-state index in [1.807, 2.05) is 6.07 Å². The van der Waals surface area contributed by atoms with Gasteiger partial charge in [-0.25, -0.2) is 0 Å². The van der Waals surface area contributed by atoms with E-state index in [1.165, 1.54) is 22.3 Å². The van der Waals surface area contributed by atoms with Crippen LogP contribution in [0.25, 0.3) is 0 Å². The summed E-state index contributed by atoms with van der Waals surface area (Å²) in [5.74, 6) is 0. The first-order valence-electron chi connectivity index (χ1n) is 8.16. The normalized spacial score (nSPS) is 12.8. The van der Waals surface area contributed by atoms with Crippen LogP contribution in [0.2, 0.25) is 0 Å². The van der Waals surface area contributed by atoms with Crippen molar-refractivity contribution in [3.8, 4) is 0 Å². The van der Waals surface area contributed by atoms with E-state index in [0.717, 1.165) is 11.0 Å². The standard InChI is InChI=1S/C22H20NSe/c1-17(19-12-6-3-7-13-19)23-22(24)21-15-9-8-14-20(21)16-18-10-4-2-5-11-18/h2-15,17H,16H2,1H3. The molecule has 3 aromatic rings. The molecule has 1 radical (unpaired) electrons.